The third kappa shape index (κ3) is 3.35. The second kappa shape index (κ2) is 4.97. The first kappa shape index (κ1) is 11.0. The summed E-state index contributed by atoms with van der Waals surface area (Å²) in [5.41, 5.74) is 3.34. The topological polar surface area (TPSA) is 20.2 Å². The minimum Gasteiger partial charge on any atom is -0.388 e. The standard InChI is InChI=1S/C13H18O/c1-10(2)4-9-13(14)12-7-5-11(3)6-8-12/h5-8,13-14H,1,4,9H2,2-3H3. The smallest absolute Gasteiger partial charge is 0.0793 e. The molecule has 1 aromatic rings. The summed E-state index contributed by atoms with van der Waals surface area (Å²) in [7, 11) is 0. The lowest BCUT2D eigenvalue weighted by atomic mass is 10.0. The van der Waals surface area contributed by atoms with E-state index in [9.17, 15) is 5.11 Å². The maximum absolute atomic E-state index is 9.82. The van der Waals surface area contributed by atoms with Crippen LogP contribution >= 0.6 is 0 Å². The molecule has 1 nitrogen and oxygen atoms in total. The minimum atomic E-state index is -0.354. The Labute approximate surface area is 86.1 Å². The molecule has 14 heavy (non-hydrogen) atoms. The summed E-state index contributed by atoms with van der Waals surface area (Å²) in [4.78, 5) is 0. The first-order chi connectivity index (χ1) is 6.59. The fraction of sp³-hybridized carbons (Fsp3) is 0.385. The van der Waals surface area contributed by atoms with E-state index in [1.54, 1.807) is 0 Å². The van der Waals surface area contributed by atoms with Gasteiger partial charge in [0.15, 0.2) is 0 Å². The van der Waals surface area contributed by atoms with E-state index in [4.69, 9.17) is 0 Å². The van der Waals surface area contributed by atoms with Crippen LogP contribution in [0.3, 0.4) is 0 Å². The SMILES string of the molecule is C=C(C)CCC(O)c1ccc(C)cc1. The fourth-order valence-electron chi connectivity index (χ4n) is 1.34. The van der Waals surface area contributed by atoms with Gasteiger partial charge < -0.3 is 5.11 Å². The summed E-state index contributed by atoms with van der Waals surface area (Å²) >= 11 is 0. The molecule has 0 saturated carbocycles. The molecule has 0 saturated heterocycles. The molecule has 0 amide bonds. The van der Waals surface area contributed by atoms with Gasteiger partial charge >= 0.3 is 0 Å². The van der Waals surface area contributed by atoms with Gasteiger partial charge in [-0.3, -0.25) is 0 Å². The second-order valence-corrected chi connectivity index (χ2v) is 3.92. The maximum atomic E-state index is 9.82. The van der Waals surface area contributed by atoms with Gasteiger partial charge in [0.2, 0.25) is 0 Å². The van der Waals surface area contributed by atoms with E-state index < -0.39 is 0 Å². The number of hydrogen-bond donors (Lipinski definition) is 1. The number of aliphatic hydroxyl groups excluding tert-OH is 1. The fourth-order valence-corrected chi connectivity index (χ4v) is 1.34. The Morgan fingerprint density at radius 3 is 2.43 bits per heavy atom. The summed E-state index contributed by atoms with van der Waals surface area (Å²) in [6.45, 7) is 7.86. The molecule has 1 atom stereocenters. The predicted molar refractivity (Wildman–Crippen MR) is 60.2 cm³/mol. The number of benzene rings is 1. The first-order valence-corrected chi connectivity index (χ1v) is 4.98. The lowest BCUT2D eigenvalue weighted by Crippen LogP contribution is -1.97. The monoisotopic (exact) mass is 190 g/mol. The van der Waals surface area contributed by atoms with Crippen LogP contribution in [0.25, 0.3) is 0 Å². The van der Waals surface area contributed by atoms with Crippen LogP contribution in [0.2, 0.25) is 0 Å². The zero-order chi connectivity index (χ0) is 10.6. The normalized spacial score (nSPS) is 12.5. The average Bonchev–Trinajstić information content (AvgIpc) is 2.15. The zero-order valence-corrected chi connectivity index (χ0v) is 8.96. The summed E-state index contributed by atoms with van der Waals surface area (Å²) in [5.74, 6) is 0. The molecule has 0 heterocycles. The van der Waals surface area contributed by atoms with E-state index in [1.165, 1.54) is 5.56 Å². The van der Waals surface area contributed by atoms with Crippen LogP contribution in [0.15, 0.2) is 36.4 Å². The van der Waals surface area contributed by atoms with Gasteiger partial charge in [0, 0.05) is 0 Å². The van der Waals surface area contributed by atoms with E-state index in [0.717, 1.165) is 24.0 Å². The Morgan fingerprint density at radius 1 is 1.36 bits per heavy atom. The Hall–Kier alpha value is -1.08. The van der Waals surface area contributed by atoms with Gasteiger partial charge in [0.05, 0.1) is 6.10 Å². The van der Waals surface area contributed by atoms with Crippen LogP contribution in [-0.2, 0) is 0 Å². The van der Waals surface area contributed by atoms with E-state index >= 15 is 0 Å². The van der Waals surface area contributed by atoms with Crippen LogP contribution in [0.4, 0.5) is 0 Å². The largest absolute Gasteiger partial charge is 0.388 e. The van der Waals surface area contributed by atoms with Gasteiger partial charge in [0.1, 0.15) is 0 Å². The molecule has 0 aromatic heterocycles. The molecule has 1 unspecified atom stereocenters. The van der Waals surface area contributed by atoms with E-state index in [2.05, 4.69) is 6.58 Å². The first-order valence-electron chi connectivity index (χ1n) is 4.98. The van der Waals surface area contributed by atoms with Gasteiger partial charge in [0.25, 0.3) is 0 Å². The lowest BCUT2D eigenvalue weighted by molar-refractivity contribution is 0.168. The van der Waals surface area contributed by atoms with Crippen LogP contribution in [0.1, 0.15) is 37.0 Å². The molecule has 1 aromatic carbocycles. The summed E-state index contributed by atoms with van der Waals surface area (Å²) < 4.78 is 0. The molecule has 0 fully saturated rings. The van der Waals surface area contributed by atoms with Gasteiger partial charge in [-0.2, -0.15) is 0 Å². The molecule has 1 heteroatoms. The number of aryl methyl sites for hydroxylation is 1. The quantitative estimate of drug-likeness (QED) is 0.721. The van der Waals surface area contributed by atoms with Crippen molar-refractivity contribution in [3.8, 4) is 0 Å². The number of hydrogen-bond acceptors (Lipinski definition) is 1. The average molecular weight is 190 g/mol. The third-order valence-electron chi connectivity index (χ3n) is 2.31. The van der Waals surface area contributed by atoms with Crippen LogP contribution in [0.5, 0.6) is 0 Å². The molecule has 76 valence electrons. The van der Waals surface area contributed by atoms with Crippen LogP contribution in [0, 0.1) is 6.92 Å². The summed E-state index contributed by atoms with van der Waals surface area (Å²) in [5, 5.41) is 9.82. The van der Waals surface area contributed by atoms with Gasteiger partial charge in [-0.05, 0) is 32.3 Å². The van der Waals surface area contributed by atoms with Crippen molar-refractivity contribution in [2.75, 3.05) is 0 Å². The highest BCUT2D eigenvalue weighted by atomic mass is 16.3. The Kier molecular flexibility index (Phi) is 3.90. The highest BCUT2D eigenvalue weighted by molar-refractivity contribution is 5.23. The van der Waals surface area contributed by atoms with Crippen molar-refractivity contribution in [3.05, 3.63) is 47.5 Å². The van der Waals surface area contributed by atoms with Gasteiger partial charge in [-0.15, -0.1) is 6.58 Å². The zero-order valence-electron chi connectivity index (χ0n) is 8.96. The molecule has 0 radical (unpaired) electrons. The van der Waals surface area contributed by atoms with E-state index in [-0.39, 0.29) is 6.10 Å². The molecule has 0 aliphatic heterocycles. The Morgan fingerprint density at radius 2 is 1.93 bits per heavy atom. The molecule has 0 aliphatic rings. The van der Waals surface area contributed by atoms with Gasteiger partial charge in [-0.25, -0.2) is 0 Å². The van der Waals surface area contributed by atoms with Gasteiger partial charge in [-0.1, -0.05) is 35.4 Å². The van der Waals surface area contributed by atoms with Crippen LogP contribution < -0.4 is 0 Å². The molecule has 0 spiro atoms. The van der Waals surface area contributed by atoms with Crippen molar-refractivity contribution in [1.82, 2.24) is 0 Å². The van der Waals surface area contributed by atoms with Crippen molar-refractivity contribution in [2.24, 2.45) is 0 Å². The third-order valence-corrected chi connectivity index (χ3v) is 2.31. The van der Waals surface area contributed by atoms with Crippen LogP contribution in [-0.4, -0.2) is 5.11 Å². The number of aliphatic hydroxyl groups is 1. The molecule has 0 aliphatic carbocycles. The lowest BCUT2D eigenvalue weighted by Gasteiger charge is -2.10. The van der Waals surface area contributed by atoms with Crippen molar-refractivity contribution in [3.63, 3.8) is 0 Å². The second-order valence-electron chi connectivity index (χ2n) is 3.92. The molecular weight excluding hydrogens is 172 g/mol. The van der Waals surface area contributed by atoms with Crippen molar-refractivity contribution in [2.45, 2.75) is 32.8 Å². The van der Waals surface area contributed by atoms with E-state index in [1.807, 2.05) is 38.1 Å². The highest BCUT2D eigenvalue weighted by Crippen LogP contribution is 2.20. The summed E-state index contributed by atoms with van der Waals surface area (Å²) in [6.07, 6.45) is 1.29. The molecule has 1 N–H and O–H groups in total. The van der Waals surface area contributed by atoms with Crippen molar-refractivity contribution in [1.29, 1.82) is 0 Å². The molecule has 1 rings (SSSR count). The predicted octanol–water partition coefficient (Wildman–Crippen LogP) is 3.38. The summed E-state index contributed by atoms with van der Waals surface area (Å²) in [6, 6.07) is 8.02. The number of rotatable bonds is 4. The molecular formula is C13H18O. The number of allylic oxidation sites excluding steroid dienone is 1. The van der Waals surface area contributed by atoms with Crippen molar-refractivity contribution >= 4 is 0 Å². The molecule has 0 bridgehead atoms. The minimum absolute atomic E-state index is 0.354. The highest BCUT2D eigenvalue weighted by Gasteiger charge is 2.06. The Balaban J connectivity index is 2.56. The van der Waals surface area contributed by atoms with Crippen molar-refractivity contribution < 1.29 is 5.11 Å². The maximum Gasteiger partial charge on any atom is 0.0793 e. The van der Waals surface area contributed by atoms with E-state index in [0.29, 0.717) is 0 Å². The Bertz CT molecular complexity index is 298.